The molecule has 2 aromatic rings. The summed E-state index contributed by atoms with van der Waals surface area (Å²) in [5, 5.41) is 12.8. The fourth-order valence-corrected chi connectivity index (χ4v) is 2.27. The number of rotatable bonds is 5. The van der Waals surface area contributed by atoms with E-state index in [-0.39, 0.29) is 12.6 Å². The molecule has 0 saturated heterocycles. The Morgan fingerprint density at radius 3 is 2.33 bits per heavy atom. The molecule has 0 spiro atoms. The van der Waals surface area contributed by atoms with Crippen molar-refractivity contribution in [3.8, 4) is 0 Å². The van der Waals surface area contributed by atoms with Crippen LogP contribution in [0.15, 0.2) is 59.1 Å². The largest absolute Gasteiger partial charge is 0.394 e. The molecule has 0 saturated carbocycles. The molecule has 18 heavy (non-hydrogen) atoms. The van der Waals surface area contributed by atoms with Crippen LogP contribution in [0.1, 0.15) is 17.2 Å². The van der Waals surface area contributed by atoms with Crippen molar-refractivity contribution in [2.75, 3.05) is 6.61 Å². The molecular weight excluding hydrogens is 290 g/mol. The lowest BCUT2D eigenvalue weighted by Crippen LogP contribution is -2.24. The molecule has 0 aromatic heterocycles. The van der Waals surface area contributed by atoms with E-state index in [0.717, 1.165) is 16.6 Å². The lowest BCUT2D eigenvalue weighted by atomic mass is 10.1. The number of aliphatic hydroxyl groups excluding tert-OH is 1. The van der Waals surface area contributed by atoms with Crippen molar-refractivity contribution in [3.63, 3.8) is 0 Å². The zero-order valence-electron chi connectivity index (χ0n) is 10.0. The fourth-order valence-electron chi connectivity index (χ4n) is 1.85. The van der Waals surface area contributed by atoms with Gasteiger partial charge in [0.25, 0.3) is 0 Å². The maximum atomic E-state index is 9.45. The minimum absolute atomic E-state index is 0.0293. The zero-order valence-corrected chi connectivity index (χ0v) is 11.6. The topological polar surface area (TPSA) is 32.3 Å². The third-order valence-corrected chi connectivity index (χ3v) is 3.65. The summed E-state index contributed by atoms with van der Waals surface area (Å²) >= 11 is 3.52. The van der Waals surface area contributed by atoms with Crippen molar-refractivity contribution in [1.82, 2.24) is 5.32 Å². The van der Waals surface area contributed by atoms with Crippen molar-refractivity contribution >= 4 is 15.9 Å². The van der Waals surface area contributed by atoms with Crippen LogP contribution in [0.25, 0.3) is 0 Å². The lowest BCUT2D eigenvalue weighted by molar-refractivity contribution is 0.243. The highest BCUT2D eigenvalue weighted by Gasteiger charge is 2.09. The summed E-state index contributed by atoms with van der Waals surface area (Å²) in [5.74, 6) is 0. The van der Waals surface area contributed by atoms with Crippen LogP contribution >= 0.6 is 15.9 Å². The Hall–Kier alpha value is -1.16. The van der Waals surface area contributed by atoms with E-state index in [4.69, 9.17) is 0 Å². The van der Waals surface area contributed by atoms with E-state index in [1.807, 2.05) is 48.5 Å². The molecule has 0 aliphatic heterocycles. The second-order valence-corrected chi connectivity index (χ2v) is 4.97. The highest BCUT2D eigenvalue weighted by Crippen LogP contribution is 2.18. The molecule has 0 fully saturated rings. The zero-order chi connectivity index (χ0) is 12.8. The predicted molar refractivity (Wildman–Crippen MR) is 77.3 cm³/mol. The Kier molecular flexibility index (Phi) is 4.93. The minimum Gasteiger partial charge on any atom is -0.394 e. The molecule has 2 N–H and O–H groups in total. The van der Waals surface area contributed by atoms with Crippen LogP contribution in [0, 0.1) is 0 Å². The minimum atomic E-state index is -0.0293. The summed E-state index contributed by atoms with van der Waals surface area (Å²) in [6.45, 7) is 0.815. The molecule has 2 nitrogen and oxygen atoms in total. The molecule has 2 aromatic carbocycles. The van der Waals surface area contributed by atoms with Gasteiger partial charge in [0.1, 0.15) is 0 Å². The van der Waals surface area contributed by atoms with Gasteiger partial charge >= 0.3 is 0 Å². The summed E-state index contributed by atoms with van der Waals surface area (Å²) < 4.78 is 1.09. The van der Waals surface area contributed by atoms with Gasteiger partial charge in [-0.25, -0.2) is 0 Å². The second kappa shape index (κ2) is 6.69. The predicted octanol–water partition coefficient (Wildman–Crippen LogP) is 3.27. The van der Waals surface area contributed by atoms with Crippen LogP contribution in [0.2, 0.25) is 0 Å². The van der Waals surface area contributed by atoms with Crippen LogP contribution in [0.5, 0.6) is 0 Å². The number of hydrogen-bond acceptors (Lipinski definition) is 2. The fraction of sp³-hybridized carbons (Fsp3) is 0.200. The van der Waals surface area contributed by atoms with Gasteiger partial charge in [0.2, 0.25) is 0 Å². The Bertz CT molecular complexity index is 487. The second-order valence-electron chi connectivity index (χ2n) is 4.12. The number of halogens is 1. The van der Waals surface area contributed by atoms with Gasteiger partial charge in [0, 0.05) is 11.0 Å². The average molecular weight is 306 g/mol. The van der Waals surface area contributed by atoms with Gasteiger partial charge in [-0.3, -0.25) is 0 Å². The molecule has 1 unspecified atom stereocenters. The Morgan fingerprint density at radius 1 is 1.00 bits per heavy atom. The van der Waals surface area contributed by atoms with Crippen LogP contribution in [-0.2, 0) is 6.54 Å². The van der Waals surface area contributed by atoms with Crippen LogP contribution < -0.4 is 5.32 Å². The van der Waals surface area contributed by atoms with Gasteiger partial charge in [0.15, 0.2) is 0 Å². The maximum Gasteiger partial charge on any atom is 0.0626 e. The van der Waals surface area contributed by atoms with E-state index in [1.165, 1.54) is 5.56 Å². The van der Waals surface area contributed by atoms with E-state index in [1.54, 1.807) is 0 Å². The molecule has 0 bridgehead atoms. The third kappa shape index (κ3) is 3.42. The monoisotopic (exact) mass is 305 g/mol. The molecule has 3 heteroatoms. The molecule has 2 rings (SSSR count). The van der Waals surface area contributed by atoms with Crippen LogP contribution in [-0.4, -0.2) is 11.7 Å². The highest BCUT2D eigenvalue weighted by atomic mass is 79.9. The molecule has 1 atom stereocenters. The molecule has 0 radical (unpaired) electrons. The number of aliphatic hydroxyl groups is 1. The maximum absolute atomic E-state index is 9.45. The summed E-state index contributed by atoms with van der Waals surface area (Å²) in [5.41, 5.74) is 2.29. The first-order chi connectivity index (χ1) is 8.81. The van der Waals surface area contributed by atoms with E-state index in [2.05, 4.69) is 27.3 Å². The van der Waals surface area contributed by atoms with Crippen molar-refractivity contribution in [2.24, 2.45) is 0 Å². The Labute approximate surface area is 116 Å². The normalized spacial score (nSPS) is 12.3. The van der Waals surface area contributed by atoms with Crippen molar-refractivity contribution < 1.29 is 5.11 Å². The lowest BCUT2D eigenvalue weighted by Gasteiger charge is -2.17. The van der Waals surface area contributed by atoms with Crippen LogP contribution in [0.3, 0.4) is 0 Å². The van der Waals surface area contributed by atoms with Gasteiger partial charge in [-0.15, -0.1) is 0 Å². The first-order valence-electron chi connectivity index (χ1n) is 5.94. The first kappa shape index (κ1) is 13.3. The first-order valence-corrected chi connectivity index (χ1v) is 6.73. The third-order valence-electron chi connectivity index (χ3n) is 2.88. The van der Waals surface area contributed by atoms with Gasteiger partial charge in [-0.05, 0) is 17.2 Å². The number of nitrogens with one attached hydrogen (secondary N) is 1. The standard InChI is InChI=1S/C15H16BrNO/c16-14-9-5-4-8-13(14)10-17-15(11-18)12-6-2-1-3-7-12/h1-9,15,17-18H,10-11H2. The van der Waals surface area contributed by atoms with Crippen LogP contribution in [0.4, 0.5) is 0 Å². The van der Waals surface area contributed by atoms with E-state index in [9.17, 15) is 5.11 Å². The van der Waals surface area contributed by atoms with Crippen molar-refractivity contribution in [2.45, 2.75) is 12.6 Å². The van der Waals surface area contributed by atoms with Crippen molar-refractivity contribution in [1.29, 1.82) is 0 Å². The number of benzene rings is 2. The highest BCUT2D eigenvalue weighted by molar-refractivity contribution is 9.10. The molecule has 0 heterocycles. The van der Waals surface area contributed by atoms with Gasteiger partial charge in [-0.2, -0.15) is 0 Å². The van der Waals surface area contributed by atoms with Gasteiger partial charge in [0.05, 0.1) is 12.6 Å². The average Bonchev–Trinajstić information content (AvgIpc) is 2.42. The Balaban J connectivity index is 2.02. The van der Waals surface area contributed by atoms with Gasteiger partial charge < -0.3 is 10.4 Å². The molecule has 0 aliphatic rings. The molecular formula is C15H16BrNO. The Morgan fingerprint density at radius 2 is 1.67 bits per heavy atom. The summed E-state index contributed by atoms with van der Waals surface area (Å²) in [4.78, 5) is 0. The summed E-state index contributed by atoms with van der Waals surface area (Å²) in [6.07, 6.45) is 0. The van der Waals surface area contributed by atoms with E-state index < -0.39 is 0 Å². The molecule has 0 amide bonds. The van der Waals surface area contributed by atoms with E-state index >= 15 is 0 Å². The smallest absolute Gasteiger partial charge is 0.0626 e. The summed E-state index contributed by atoms with van der Waals surface area (Å²) in [6, 6.07) is 18.1. The summed E-state index contributed by atoms with van der Waals surface area (Å²) in [7, 11) is 0. The quantitative estimate of drug-likeness (QED) is 0.888. The number of hydrogen-bond donors (Lipinski definition) is 2. The van der Waals surface area contributed by atoms with Crippen molar-refractivity contribution in [3.05, 3.63) is 70.2 Å². The molecule has 94 valence electrons. The van der Waals surface area contributed by atoms with Gasteiger partial charge in [-0.1, -0.05) is 64.5 Å². The SMILES string of the molecule is OCC(NCc1ccccc1Br)c1ccccc1. The molecule has 0 aliphatic carbocycles. The van der Waals surface area contributed by atoms with E-state index in [0.29, 0.717) is 0 Å².